The lowest BCUT2D eigenvalue weighted by Gasteiger charge is -2.16. The molecule has 2 aliphatic rings. The van der Waals surface area contributed by atoms with Crippen LogP contribution in [0.15, 0.2) is 54.6 Å². The number of fused-ring (bicyclic) bond motifs is 1. The van der Waals surface area contributed by atoms with Gasteiger partial charge in [-0.2, -0.15) is 11.8 Å². The third kappa shape index (κ3) is 12.1. The lowest BCUT2D eigenvalue weighted by molar-refractivity contribution is -0.121. The topological polar surface area (TPSA) is 144 Å². The molecule has 0 radical (unpaired) electrons. The van der Waals surface area contributed by atoms with Gasteiger partial charge in [-0.1, -0.05) is 48.9 Å². The molecule has 12 heteroatoms. The summed E-state index contributed by atoms with van der Waals surface area (Å²) in [5, 5.41) is 12.2. The van der Waals surface area contributed by atoms with E-state index in [0.29, 0.717) is 87.5 Å². The predicted octanol–water partition coefficient (Wildman–Crippen LogP) is 3.32. The molecular formula is C34H46N4O7S. The minimum absolute atomic E-state index is 0.0606. The van der Waals surface area contributed by atoms with Crippen LogP contribution < -0.4 is 21.3 Å². The summed E-state index contributed by atoms with van der Waals surface area (Å²) in [7, 11) is 0. The molecule has 2 aromatic carbocycles. The van der Waals surface area contributed by atoms with E-state index in [-0.39, 0.29) is 35.7 Å². The standard InChI is InChI=1S/C34H46N4O7S/c39-30(11-5-4-10-29-31-28(24-46-29)37-34(42)38-31)35-16-6-18-43-20-22-45-23-21-44-19-7-17-36-33(41)27-14-12-26(13-15-27)32(40)25-8-2-1-3-9-25/h1-3,8-9,12-15,28-29,31H,4-7,10-11,16-24H2,(H,35,39)(H,36,41)(H2,37,38,42)/t28-,29-,31-/m0/s1. The maximum absolute atomic E-state index is 12.5. The fraction of sp³-hybridized carbons (Fsp3) is 0.529. The van der Waals surface area contributed by atoms with Gasteiger partial charge in [0.25, 0.3) is 5.91 Å². The number of urea groups is 1. The molecule has 2 aromatic rings. The second kappa shape index (κ2) is 19.9. The van der Waals surface area contributed by atoms with Crippen LogP contribution >= 0.6 is 11.8 Å². The van der Waals surface area contributed by atoms with Gasteiger partial charge in [-0.15, -0.1) is 0 Å². The molecule has 46 heavy (non-hydrogen) atoms. The second-order valence-electron chi connectivity index (χ2n) is 11.3. The number of rotatable bonds is 22. The van der Waals surface area contributed by atoms with Crippen molar-refractivity contribution < 1.29 is 33.4 Å². The van der Waals surface area contributed by atoms with Crippen molar-refractivity contribution in [2.45, 2.75) is 55.9 Å². The predicted molar refractivity (Wildman–Crippen MR) is 177 cm³/mol. The largest absolute Gasteiger partial charge is 0.379 e. The number of hydrogen-bond acceptors (Lipinski definition) is 8. The molecule has 3 atom stereocenters. The minimum atomic E-state index is -0.187. The van der Waals surface area contributed by atoms with Crippen LogP contribution in [-0.4, -0.2) is 99.4 Å². The Labute approximate surface area is 275 Å². The zero-order valence-corrected chi connectivity index (χ0v) is 27.1. The first-order chi connectivity index (χ1) is 22.5. The molecule has 0 saturated carbocycles. The van der Waals surface area contributed by atoms with Crippen LogP contribution in [0.1, 0.15) is 64.8 Å². The molecule has 4 N–H and O–H groups in total. The van der Waals surface area contributed by atoms with Crippen LogP contribution in [0.2, 0.25) is 0 Å². The normalized spacial score (nSPS) is 18.4. The molecular weight excluding hydrogens is 608 g/mol. The van der Waals surface area contributed by atoms with Crippen LogP contribution in [0, 0.1) is 0 Å². The maximum Gasteiger partial charge on any atom is 0.315 e. The van der Waals surface area contributed by atoms with Crippen LogP contribution in [0.25, 0.3) is 0 Å². The van der Waals surface area contributed by atoms with E-state index < -0.39 is 0 Å². The van der Waals surface area contributed by atoms with Gasteiger partial charge in [-0.25, -0.2) is 4.79 Å². The number of carbonyl (C=O) groups excluding carboxylic acids is 4. The van der Waals surface area contributed by atoms with Crippen molar-refractivity contribution >= 4 is 35.4 Å². The third-order valence-corrected chi connectivity index (χ3v) is 9.32. The van der Waals surface area contributed by atoms with Crippen molar-refractivity contribution in [2.24, 2.45) is 0 Å². The van der Waals surface area contributed by atoms with Crippen LogP contribution in [0.5, 0.6) is 0 Å². The monoisotopic (exact) mass is 654 g/mol. The molecule has 4 amide bonds. The van der Waals surface area contributed by atoms with Crippen LogP contribution in [0.3, 0.4) is 0 Å². The Morgan fingerprint density at radius 2 is 1.33 bits per heavy atom. The fourth-order valence-corrected chi connectivity index (χ4v) is 6.86. The van der Waals surface area contributed by atoms with E-state index in [0.717, 1.165) is 31.4 Å². The fourth-order valence-electron chi connectivity index (χ4n) is 5.31. The second-order valence-corrected chi connectivity index (χ2v) is 12.6. The summed E-state index contributed by atoms with van der Waals surface area (Å²) in [6, 6.07) is 16.1. The number of hydrogen-bond donors (Lipinski definition) is 4. The highest BCUT2D eigenvalue weighted by Crippen LogP contribution is 2.33. The molecule has 2 aliphatic heterocycles. The number of thioether (sulfide) groups is 1. The number of ketones is 1. The average Bonchev–Trinajstić information content (AvgIpc) is 3.63. The average molecular weight is 655 g/mol. The summed E-state index contributed by atoms with van der Waals surface area (Å²) >= 11 is 1.90. The van der Waals surface area contributed by atoms with Gasteiger partial charge in [-0.05, 0) is 37.8 Å². The van der Waals surface area contributed by atoms with E-state index in [2.05, 4.69) is 21.3 Å². The Hall–Kier alpha value is -3.45. The van der Waals surface area contributed by atoms with Crippen molar-refractivity contribution in [1.29, 1.82) is 0 Å². The molecule has 250 valence electrons. The molecule has 0 unspecified atom stereocenters. The van der Waals surface area contributed by atoms with E-state index in [9.17, 15) is 19.2 Å². The Morgan fingerprint density at radius 3 is 2.02 bits per heavy atom. The van der Waals surface area contributed by atoms with Gasteiger partial charge >= 0.3 is 6.03 Å². The molecule has 0 bridgehead atoms. The van der Waals surface area contributed by atoms with Gasteiger partial charge in [0.15, 0.2) is 5.78 Å². The first-order valence-electron chi connectivity index (χ1n) is 16.2. The Balaban J connectivity index is 0.882. The van der Waals surface area contributed by atoms with Crippen LogP contribution in [0.4, 0.5) is 4.79 Å². The van der Waals surface area contributed by atoms with Gasteiger partial charge in [-0.3, -0.25) is 14.4 Å². The minimum Gasteiger partial charge on any atom is -0.379 e. The smallest absolute Gasteiger partial charge is 0.315 e. The van der Waals surface area contributed by atoms with Gasteiger partial charge in [0.2, 0.25) is 5.91 Å². The zero-order valence-electron chi connectivity index (χ0n) is 26.3. The summed E-state index contributed by atoms with van der Waals surface area (Å²) in [6.07, 6.45) is 4.80. The molecule has 4 rings (SSSR count). The Bertz CT molecular complexity index is 1250. The molecule has 0 spiro atoms. The van der Waals surface area contributed by atoms with Crippen molar-refractivity contribution in [2.75, 3.05) is 58.5 Å². The molecule has 2 fully saturated rings. The van der Waals surface area contributed by atoms with Crippen molar-refractivity contribution in [3.63, 3.8) is 0 Å². The lowest BCUT2D eigenvalue weighted by atomic mass is 10.0. The molecule has 0 aromatic heterocycles. The highest BCUT2D eigenvalue weighted by molar-refractivity contribution is 8.00. The number of benzene rings is 2. The van der Waals surface area contributed by atoms with Crippen molar-refractivity contribution in [3.8, 4) is 0 Å². The molecule has 0 aliphatic carbocycles. The van der Waals surface area contributed by atoms with E-state index in [1.165, 1.54) is 0 Å². The van der Waals surface area contributed by atoms with Crippen molar-refractivity contribution in [1.82, 2.24) is 21.3 Å². The first kappa shape index (κ1) is 35.4. The third-order valence-electron chi connectivity index (χ3n) is 7.81. The summed E-state index contributed by atoms with van der Waals surface area (Å²) in [5.41, 5.74) is 1.66. The molecule has 2 saturated heterocycles. The summed E-state index contributed by atoms with van der Waals surface area (Å²) in [4.78, 5) is 48.4. The number of ether oxygens (including phenoxy) is 3. The number of amides is 4. The van der Waals surface area contributed by atoms with Gasteiger partial charge < -0.3 is 35.5 Å². The Morgan fingerprint density at radius 1 is 0.717 bits per heavy atom. The van der Waals surface area contributed by atoms with Gasteiger partial charge in [0.05, 0.1) is 38.5 Å². The summed E-state index contributed by atoms with van der Waals surface area (Å²) in [6.45, 7) is 4.03. The highest BCUT2D eigenvalue weighted by atomic mass is 32.2. The summed E-state index contributed by atoms with van der Waals surface area (Å²) < 4.78 is 16.6. The number of unbranched alkanes of at least 4 members (excludes halogenated alkanes) is 1. The summed E-state index contributed by atoms with van der Waals surface area (Å²) in [5.74, 6) is 0.770. The van der Waals surface area contributed by atoms with E-state index in [1.54, 1.807) is 36.4 Å². The SMILES string of the molecule is O=C(CCCC[C@@H]1SC[C@@H]2NC(=O)N[C@@H]21)NCCCOCCOCCOCCCNC(=O)c1ccc(C(=O)c2ccccc2)cc1. The van der Waals surface area contributed by atoms with E-state index >= 15 is 0 Å². The van der Waals surface area contributed by atoms with Gasteiger partial charge in [0, 0.05) is 60.4 Å². The number of carbonyl (C=O) groups is 4. The zero-order chi connectivity index (χ0) is 32.4. The quantitative estimate of drug-likeness (QED) is 0.0861. The highest BCUT2D eigenvalue weighted by Gasteiger charge is 2.42. The van der Waals surface area contributed by atoms with E-state index in [1.807, 2.05) is 30.0 Å². The first-order valence-corrected chi connectivity index (χ1v) is 17.2. The lowest BCUT2D eigenvalue weighted by Crippen LogP contribution is -2.36. The number of nitrogens with one attached hydrogen (secondary N) is 4. The molecule has 2 heterocycles. The van der Waals surface area contributed by atoms with Crippen LogP contribution in [-0.2, 0) is 19.0 Å². The van der Waals surface area contributed by atoms with Gasteiger partial charge in [0.1, 0.15) is 0 Å². The maximum atomic E-state index is 12.5. The van der Waals surface area contributed by atoms with Crippen molar-refractivity contribution in [3.05, 3.63) is 71.3 Å². The Kier molecular flexibility index (Phi) is 15.3. The molecule has 11 nitrogen and oxygen atoms in total. The van der Waals surface area contributed by atoms with E-state index in [4.69, 9.17) is 14.2 Å².